The van der Waals surface area contributed by atoms with Crippen molar-refractivity contribution in [3.8, 4) is 0 Å². The second kappa shape index (κ2) is 4.45. The van der Waals surface area contributed by atoms with Crippen molar-refractivity contribution < 1.29 is 4.79 Å². The zero-order chi connectivity index (χ0) is 9.68. The van der Waals surface area contributed by atoms with Crippen molar-refractivity contribution in [2.45, 2.75) is 13.3 Å². The smallest absolute Gasteiger partial charge is 0.250 e. The van der Waals surface area contributed by atoms with Crippen LogP contribution >= 0.6 is 0 Å². The van der Waals surface area contributed by atoms with Crippen molar-refractivity contribution in [2.24, 2.45) is 0 Å². The quantitative estimate of drug-likeness (QED) is 0.703. The minimum atomic E-state index is -0.103. The van der Waals surface area contributed by atoms with Gasteiger partial charge in [0, 0.05) is 11.3 Å². The first kappa shape index (κ1) is 9.52. The van der Waals surface area contributed by atoms with Gasteiger partial charge in [-0.1, -0.05) is 31.7 Å². The highest BCUT2D eigenvalue weighted by Crippen LogP contribution is 2.07. The predicted molar refractivity (Wildman–Crippen MR) is 54.5 cm³/mol. The summed E-state index contributed by atoms with van der Waals surface area (Å²) in [6, 6.07) is 9.36. The Hall–Kier alpha value is -1.57. The molecule has 0 aliphatic carbocycles. The molecule has 0 saturated carbocycles. The molecule has 13 heavy (non-hydrogen) atoms. The molecule has 1 amide bonds. The summed E-state index contributed by atoms with van der Waals surface area (Å²) >= 11 is 0. The standard InChI is InChI=1S/C11H13NO/c1-3-9(2)11(13)12-10-7-5-4-6-8-10/h4-8H,2-3H2,1H3,(H,12,13). The highest BCUT2D eigenvalue weighted by molar-refractivity contribution is 6.03. The van der Waals surface area contributed by atoms with Crippen molar-refractivity contribution in [1.29, 1.82) is 0 Å². The van der Waals surface area contributed by atoms with Gasteiger partial charge in [-0.15, -0.1) is 0 Å². The molecule has 0 aliphatic heterocycles. The topological polar surface area (TPSA) is 29.1 Å². The Morgan fingerprint density at radius 3 is 2.54 bits per heavy atom. The molecule has 2 nitrogen and oxygen atoms in total. The first-order valence-electron chi connectivity index (χ1n) is 4.28. The molecule has 0 radical (unpaired) electrons. The largest absolute Gasteiger partial charge is 0.322 e. The summed E-state index contributed by atoms with van der Waals surface area (Å²) in [5.41, 5.74) is 1.41. The van der Waals surface area contributed by atoms with Gasteiger partial charge in [0.2, 0.25) is 0 Å². The molecule has 0 heterocycles. The van der Waals surface area contributed by atoms with Gasteiger partial charge >= 0.3 is 0 Å². The second-order valence-electron chi connectivity index (χ2n) is 2.78. The molecular formula is C11H13NO. The SMILES string of the molecule is C=C(CC)C(=O)Nc1ccccc1. The van der Waals surface area contributed by atoms with Gasteiger partial charge in [0.15, 0.2) is 0 Å². The molecule has 0 atom stereocenters. The molecule has 1 aromatic rings. The molecular weight excluding hydrogens is 162 g/mol. The van der Waals surface area contributed by atoms with Gasteiger partial charge in [0.1, 0.15) is 0 Å². The highest BCUT2D eigenvalue weighted by Gasteiger charge is 2.03. The Labute approximate surface area is 78.3 Å². The minimum Gasteiger partial charge on any atom is -0.322 e. The Bertz CT molecular complexity index is 303. The number of hydrogen-bond acceptors (Lipinski definition) is 1. The first-order chi connectivity index (χ1) is 6.24. The third-order valence-corrected chi connectivity index (χ3v) is 1.78. The van der Waals surface area contributed by atoms with Gasteiger partial charge < -0.3 is 5.32 Å². The molecule has 1 aromatic carbocycles. The summed E-state index contributed by atoms with van der Waals surface area (Å²) in [5.74, 6) is -0.103. The number of nitrogens with one attached hydrogen (secondary N) is 1. The maximum absolute atomic E-state index is 11.3. The number of rotatable bonds is 3. The maximum atomic E-state index is 11.3. The Balaban J connectivity index is 2.60. The van der Waals surface area contributed by atoms with Crippen molar-refractivity contribution in [3.05, 3.63) is 42.5 Å². The van der Waals surface area contributed by atoms with Crippen molar-refractivity contribution in [1.82, 2.24) is 0 Å². The summed E-state index contributed by atoms with van der Waals surface area (Å²) in [6.45, 7) is 5.57. The van der Waals surface area contributed by atoms with Crippen LogP contribution in [-0.2, 0) is 4.79 Å². The predicted octanol–water partition coefficient (Wildman–Crippen LogP) is 2.59. The van der Waals surface area contributed by atoms with Crippen LogP contribution in [0, 0.1) is 0 Å². The molecule has 0 aromatic heterocycles. The van der Waals surface area contributed by atoms with Gasteiger partial charge in [0.05, 0.1) is 0 Å². The van der Waals surface area contributed by atoms with Gasteiger partial charge in [-0.25, -0.2) is 0 Å². The van der Waals surface area contributed by atoms with Gasteiger partial charge in [0.25, 0.3) is 5.91 Å². The molecule has 0 spiro atoms. The van der Waals surface area contributed by atoms with Crippen LogP contribution in [0.2, 0.25) is 0 Å². The van der Waals surface area contributed by atoms with Crippen LogP contribution in [0.4, 0.5) is 5.69 Å². The van der Waals surface area contributed by atoms with E-state index in [1.807, 2.05) is 37.3 Å². The molecule has 68 valence electrons. The Morgan fingerprint density at radius 2 is 2.00 bits per heavy atom. The fourth-order valence-electron chi connectivity index (χ4n) is 0.902. The first-order valence-corrected chi connectivity index (χ1v) is 4.28. The number of carbonyl (C=O) groups excluding carboxylic acids is 1. The third kappa shape index (κ3) is 2.75. The molecule has 0 saturated heterocycles. The summed E-state index contributed by atoms with van der Waals surface area (Å²) in [5, 5.41) is 2.75. The van der Waals surface area contributed by atoms with Crippen LogP contribution in [0.3, 0.4) is 0 Å². The van der Waals surface area contributed by atoms with Crippen molar-refractivity contribution in [3.63, 3.8) is 0 Å². The van der Waals surface area contributed by atoms with E-state index < -0.39 is 0 Å². The van der Waals surface area contributed by atoms with Crippen LogP contribution in [-0.4, -0.2) is 5.91 Å². The lowest BCUT2D eigenvalue weighted by Crippen LogP contribution is -2.12. The molecule has 2 heteroatoms. The van der Waals surface area contributed by atoms with E-state index >= 15 is 0 Å². The van der Waals surface area contributed by atoms with Crippen LogP contribution in [0.25, 0.3) is 0 Å². The summed E-state index contributed by atoms with van der Waals surface area (Å²) in [6.07, 6.45) is 0.679. The van der Waals surface area contributed by atoms with Gasteiger partial charge in [-0.3, -0.25) is 4.79 Å². The van der Waals surface area contributed by atoms with Crippen LogP contribution in [0.15, 0.2) is 42.5 Å². The van der Waals surface area contributed by atoms with Crippen LogP contribution < -0.4 is 5.32 Å². The molecule has 0 aliphatic rings. The fourth-order valence-corrected chi connectivity index (χ4v) is 0.902. The average molecular weight is 175 g/mol. The van der Waals surface area contributed by atoms with Crippen LogP contribution in [0.1, 0.15) is 13.3 Å². The molecule has 1 N–H and O–H groups in total. The lowest BCUT2D eigenvalue weighted by atomic mass is 10.2. The molecule has 0 fully saturated rings. The fraction of sp³-hybridized carbons (Fsp3) is 0.182. The number of carbonyl (C=O) groups is 1. The summed E-state index contributed by atoms with van der Waals surface area (Å²) in [4.78, 5) is 11.3. The maximum Gasteiger partial charge on any atom is 0.250 e. The van der Waals surface area contributed by atoms with E-state index in [2.05, 4.69) is 11.9 Å². The lowest BCUT2D eigenvalue weighted by Gasteiger charge is -2.04. The molecule has 1 rings (SSSR count). The zero-order valence-electron chi connectivity index (χ0n) is 7.71. The normalized spacial score (nSPS) is 9.31. The van der Waals surface area contributed by atoms with Gasteiger partial charge in [-0.2, -0.15) is 0 Å². The number of para-hydroxylation sites is 1. The van der Waals surface area contributed by atoms with E-state index in [1.54, 1.807) is 0 Å². The Morgan fingerprint density at radius 1 is 1.38 bits per heavy atom. The highest BCUT2D eigenvalue weighted by atomic mass is 16.1. The lowest BCUT2D eigenvalue weighted by molar-refractivity contribution is -0.112. The number of benzene rings is 1. The van der Waals surface area contributed by atoms with Gasteiger partial charge in [-0.05, 0) is 18.6 Å². The number of hydrogen-bond donors (Lipinski definition) is 1. The van der Waals surface area contributed by atoms with E-state index in [0.29, 0.717) is 12.0 Å². The van der Waals surface area contributed by atoms with E-state index in [0.717, 1.165) is 5.69 Å². The van der Waals surface area contributed by atoms with Crippen molar-refractivity contribution in [2.75, 3.05) is 5.32 Å². The monoisotopic (exact) mass is 175 g/mol. The van der Waals surface area contributed by atoms with Crippen molar-refractivity contribution >= 4 is 11.6 Å². The van der Waals surface area contributed by atoms with Crippen LogP contribution in [0.5, 0.6) is 0 Å². The van der Waals surface area contributed by atoms with E-state index in [-0.39, 0.29) is 5.91 Å². The van der Waals surface area contributed by atoms with E-state index in [9.17, 15) is 4.79 Å². The minimum absolute atomic E-state index is 0.103. The molecule has 0 unspecified atom stereocenters. The third-order valence-electron chi connectivity index (χ3n) is 1.78. The van der Waals surface area contributed by atoms with E-state index in [4.69, 9.17) is 0 Å². The summed E-state index contributed by atoms with van der Waals surface area (Å²) in [7, 11) is 0. The van der Waals surface area contributed by atoms with E-state index in [1.165, 1.54) is 0 Å². The Kier molecular flexibility index (Phi) is 3.26. The second-order valence-corrected chi connectivity index (χ2v) is 2.78. The number of anilines is 1. The number of amides is 1. The zero-order valence-corrected chi connectivity index (χ0v) is 7.71. The summed E-state index contributed by atoms with van der Waals surface area (Å²) < 4.78 is 0. The molecule has 0 bridgehead atoms. The average Bonchev–Trinajstić information content (AvgIpc) is 2.18.